The zero-order valence-corrected chi connectivity index (χ0v) is 20.0. The van der Waals surface area contributed by atoms with Crippen molar-refractivity contribution in [2.75, 3.05) is 0 Å². The van der Waals surface area contributed by atoms with Crippen molar-refractivity contribution < 1.29 is 126 Å². The van der Waals surface area contributed by atoms with Crippen molar-refractivity contribution in [3.8, 4) is 0 Å². The summed E-state index contributed by atoms with van der Waals surface area (Å²) in [6.07, 6.45) is 0. The van der Waals surface area contributed by atoms with Crippen LogP contribution in [0.4, 0.5) is 0 Å². The van der Waals surface area contributed by atoms with E-state index in [0.29, 0.717) is 0 Å². The maximum Gasteiger partial charge on any atom is 0 e. The topological polar surface area (TPSA) is 0 Å². The molecule has 0 fully saturated rings. The average molecular weight is 1100 g/mol. The fourth-order valence-electron chi connectivity index (χ4n) is 0. The van der Waals surface area contributed by atoms with E-state index in [4.69, 9.17) is 0 Å². The van der Waals surface area contributed by atoms with Gasteiger partial charge in [0.1, 0.15) is 0 Å². The molecule has 0 N–H and O–H groups in total. The van der Waals surface area contributed by atoms with Crippen molar-refractivity contribution in [2.24, 2.45) is 0 Å². The van der Waals surface area contributed by atoms with E-state index in [0.717, 1.165) is 0 Å². The van der Waals surface area contributed by atoms with Gasteiger partial charge in [0.25, 0.3) is 0 Å². The molecule has 0 saturated heterocycles. The first-order valence-electron chi connectivity index (χ1n) is 0. The van der Waals surface area contributed by atoms with Gasteiger partial charge >= 0.3 is 0 Å². The minimum atomic E-state index is 0. The monoisotopic (exact) mass is 1100 g/mol. The van der Waals surface area contributed by atoms with Crippen molar-refractivity contribution in [1.82, 2.24) is 0 Å². The van der Waals surface area contributed by atoms with Crippen LogP contribution in [0.5, 0.6) is 0 Å². The zero-order chi connectivity index (χ0) is 0. The third-order valence-electron chi connectivity index (χ3n) is 0. The largest absolute Gasteiger partial charge is 0 e. The minimum Gasteiger partial charge on any atom is 0 e. The van der Waals surface area contributed by atoms with Crippen molar-refractivity contribution in [2.45, 2.75) is 0 Å². The molecule has 0 aromatic carbocycles. The van der Waals surface area contributed by atoms with Crippen molar-refractivity contribution >= 4 is 0 Å². The van der Waals surface area contributed by atoms with Gasteiger partial charge in [0, 0.05) is 126 Å². The summed E-state index contributed by atoms with van der Waals surface area (Å²) in [5, 5.41) is 0. The Morgan fingerprint density at radius 1 is 0.167 bits per heavy atom. The third kappa shape index (κ3) is 24.2. The third-order valence-corrected chi connectivity index (χ3v) is 0. The molecule has 0 heterocycles. The Morgan fingerprint density at radius 2 is 0.167 bits per heavy atom. The SMILES string of the molecule is [W].[W].[W].[W].[W].[W]. The fraction of sp³-hybridized carbons (Fsp3) is 0. The Labute approximate surface area is 124 Å². The molecule has 0 aromatic heterocycles. The van der Waals surface area contributed by atoms with Gasteiger partial charge in [-0.2, -0.15) is 0 Å². The molecule has 0 amide bonds. The zero-order valence-electron chi connectivity index (χ0n) is 2.45. The first-order chi connectivity index (χ1) is 0. The van der Waals surface area contributed by atoms with Crippen LogP contribution in [-0.2, 0) is 126 Å². The summed E-state index contributed by atoms with van der Waals surface area (Å²) in [5.41, 5.74) is 0. The molecule has 0 radical (unpaired) electrons. The van der Waals surface area contributed by atoms with Gasteiger partial charge in [0.15, 0.2) is 0 Å². The van der Waals surface area contributed by atoms with Gasteiger partial charge in [0.2, 0.25) is 0 Å². The standard InChI is InChI=1S/6W. The maximum atomic E-state index is 0. The van der Waals surface area contributed by atoms with Gasteiger partial charge in [0.05, 0.1) is 0 Å². The van der Waals surface area contributed by atoms with Crippen LogP contribution in [0, 0.1) is 0 Å². The Balaban J connectivity index is 0. The summed E-state index contributed by atoms with van der Waals surface area (Å²) in [7, 11) is 0. The summed E-state index contributed by atoms with van der Waals surface area (Å²) in [5.74, 6) is 0. The van der Waals surface area contributed by atoms with E-state index in [1.807, 2.05) is 0 Å². The maximum absolute atomic E-state index is 0. The smallest absolute Gasteiger partial charge is 0 e. The van der Waals surface area contributed by atoms with Crippen LogP contribution in [0.15, 0.2) is 0 Å². The van der Waals surface area contributed by atoms with Crippen LogP contribution in [0.25, 0.3) is 0 Å². The second-order valence-electron chi connectivity index (χ2n) is 0. The predicted molar refractivity (Wildman–Crippen MR) is 0 cm³/mol. The summed E-state index contributed by atoms with van der Waals surface area (Å²) in [4.78, 5) is 0. The molecule has 0 aliphatic rings. The van der Waals surface area contributed by atoms with Crippen molar-refractivity contribution in [3.05, 3.63) is 0 Å². The molecular weight excluding hydrogens is 1100 g/mol. The number of rotatable bonds is 0. The summed E-state index contributed by atoms with van der Waals surface area (Å²) >= 11 is 0. The van der Waals surface area contributed by atoms with Gasteiger partial charge < -0.3 is 0 Å². The molecule has 0 saturated carbocycles. The van der Waals surface area contributed by atoms with E-state index in [2.05, 4.69) is 0 Å². The van der Waals surface area contributed by atoms with Crippen LogP contribution < -0.4 is 0 Å². The fourth-order valence-corrected chi connectivity index (χ4v) is 0. The van der Waals surface area contributed by atoms with Crippen LogP contribution in [0.2, 0.25) is 0 Å². The van der Waals surface area contributed by atoms with Crippen LogP contribution in [-0.4, -0.2) is 0 Å². The Morgan fingerprint density at radius 3 is 0.167 bits per heavy atom. The van der Waals surface area contributed by atoms with Crippen LogP contribution in [0.3, 0.4) is 0 Å². The van der Waals surface area contributed by atoms with Gasteiger partial charge in [-0.1, -0.05) is 0 Å². The van der Waals surface area contributed by atoms with Gasteiger partial charge in [-0.3, -0.25) is 0 Å². The Kier molecular flexibility index (Phi) is 292. The van der Waals surface area contributed by atoms with Gasteiger partial charge in [-0.25, -0.2) is 0 Å². The van der Waals surface area contributed by atoms with E-state index < -0.39 is 0 Å². The normalized spacial score (nSPS) is 0. The second kappa shape index (κ2) is 35.4. The number of hydrogen-bond acceptors (Lipinski definition) is 0. The van der Waals surface area contributed by atoms with E-state index in [9.17, 15) is 0 Å². The molecule has 0 nitrogen and oxygen atoms in total. The van der Waals surface area contributed by atoms with Crippen molar-refractivity contribution in [1.29, 1.82) is 0 Å². The number of hydrogen-bond donors (Lipinski definition) is 0. The average Bonchev–Trinajstić information content (AvgIpc) is 0. The molecule has 0 aromatic rings. The predicted octanol–water partition coefficient (Wildman–Crippen LogP) is -0.0150. The summed E-state index contributed by atoms with van der Waals surface area (Å²) in [6, 6.07) is 0. The van der Waals surface area contributed by atoms with Gasteiger partial charge in [-0.05, 0) is 0 Å². The molecule has 0 bridgehead atoms. The summed E-state index contributed by atoms with van der Waals surface area (Å²) in [6.45, 7) is 0. The molecule has 0 aliphatic carbocycles. The Bertz CT molecular complexity index is 0. The molecule has 0 unspecified atom stereocenters. The molecule has 0 spiro atoms. The molecule has 0 atom stereocenters. The van der Waals surface area contributed by atoms with E-state index in [1.165, 1.54) is 0 Å². The Hall–Kier alpha value is 4.13. The van der Waals surface area contributed by atoms with Crippen molar-refractivity contribution in [3.63, 3.8) is 0 Å². The first kappa shape index (κ1) is 49.5. The molecule has 0 aliphatic heterocycles. The van der Waals surface area contributed by atoms with Crippen LogP contribution in [0.1, 0.15) is 0 Å². The first-order valence-corrected chi connectivity index (χ1v) is 0. The molecular formula is W6. The summed E-state index contributed by atoms with van der Waals surface area (Å²) < 4.78 is 0. The quantitative estimate of drug-likeness (QED) is 0.321. The molecule has 6 heteroatoms. The molecule has 0 rings (SSSR count). The molecule has 6 heavy (non-hydrogen) atoms. The second-order valence-corrected chi connectivity index (χ2v) is 0. The molecule has 36 valence electrons. The van der Waals surface area contributed by atoms with E-state index in [1.54, 1.807) is 0 Å². The van der Waals surface area contributed by atoms with E-state index >= 15 is 0 Å². The minimum absolute atomic E-state index is 0. The van der Waals surface area contributed by atoms with Crippen LogP contribution >= 0.6 is 0 Å². The van der Waals surface area contributed by atoms with E-state index in [-0.39, 0.29) is 126 Å². The van der Waals surface area contributed by atoms with Gasteiger partial charge in [-0.15, -0.1) is 0 Å².